The second kappa shape index (κ2) is 9.85. The number of hydrogen-bond acceptors (Lipinski definition) is 4. The highest BCUT2D eigenvalue weighted by Crippen LogP contribution is 2.26. The van der Waals surface area contributed by atoms with E-state index in [4.69, 9.17) is 14.2 Å². The smallest absolute Gasteiger partial charge is 0.355 e. The maximum absolute atomic E-state index is 12.4. The quantitative estimate of drug-likeness (QED) is 0.263. The van der Waals surface area contributed by atoms with E-state index in [1.54, 1.807) is 0 Å². The Labute approximate surface area is 181 Å². The topological polar surface area (TPSA) is 60.6 Å². The maximum Gasteiger partial charge on any atom is 0.355 e. The summed E-state index contributed by atoms with van der Waals surface area (Å²) >= 11 is 0. The number of aromatic amines is 1. The molecule has 0 amide bonds. The third kappa shape index (κ3) is 5.07. The zero-order valence-corrected chi connectivity index (χ0v) is 17.5. The number of rotatable bonds is 9. The molecule has 0 atom stereocenters. The number of H-pyrrole nitrogens is 1. The normalized spacial score (nSPS) is 10.7. The summed E-state index contributed by atoms with van der Waals surface area (Å²) < 4.78 is 17.0. The zero-order valence-electron chi connectivity index (χ0n) is 17.5. The Morgan fingerprint density at radius 1 is 0.871 bits per heavy atom. The largest absolute Gasteiger partial charge is 0.493 e. The van der Waals surface area contributed by atoms with Crippen LogP contribution in [0.5, 0.6) is 17.2 Å². The van der Waals surface area contributed by atoms with E-state index in [1.165, 1.54) is 0 Å². The van der Waals surface area contributed by atoms with Crippen LogP contribution in [0.3, 0.4) is 0 Å². The highest BCUT2D eigenvalue weighted by atomic mass is 16.5. The van der Waals surface area contributed by atoms with Gasteiger partial charge < -0.3 is 19.2 Å². The Morgan fingerprint density at radius 2 is 1.61 bits per heavy atom. The first-order valence-corrected chi connectivity index (χ1v) is 10.5. The summed E-state index contributed by atoms with van der Waals surface area (Å²) in [5.74, 6) is 1.94. The van der Waals surface area contributed by atoms with Gasteiger partial charge in [0.05, 0.1) is 13.2 Å². The van der Waals surface area contributed by atoms with E-state index < -0.39 is 0 Å². The van der Waals surface area contributed by atoms with Gasteiger partial charge in [0.1, 0.15) is 22.9 Å². The average Bonchev–Trinajstić information content (AvgIpc) is 3.17. The number of para-hydroxylation sites is 2. The molecule has 4 rings (SSSR count). The predicted octanol–water partition coefficient (Wildman–Crippen LogP) is 6.15. The van der Waals surface area contributed by atoms with Gasteiger partial charge in [-0.05, 0) is 55.7 Å². The van der Waals surface area contributed by atoms with Crippen LogP contribution < -0.4 is 9.47 Å². The molecule has 0 bridgehead atoms. The first kappa shape index (κ1) is 20.5. The predicted molar refractivity (Wildman–Crippen MR) is 121 cm³/mol. The molecule has 0 saturated carbocycles. The molecule has 0 aliphatic carbocycles. The number of esters is 1. The molecule has 3 aromatic carbocycles. The van der Waals surface area contributed by atoms with Gasteiger partial charge in [0.2, 0.25) is 0 Å². The molecule has 5 heteroatoms. The molecular weight excluding hydrogens is 390 g/mol. The SMILES string of the molecule is CCOC(=O)c1[nH]c2ccccc2c1CCCOc1cccc(Oc2ccccc2)c1. The van der Waals surface area contributed by atoms with Gasteiger partial charge in [-0.25, -0.2) is 4.79 Å². The minimum absolute atomic E-state index is 0.319. The van der Waals surface area contributed by atoms with E-state index in [0.717, 1.165) is 40.1 Å². The molecule has 0 saturated heterocycles. The molecule has 0 spiro atoms. The Kier molecular flexibility index (Phi) is 6.53. The summed E-state index contributed by atoms with van der Waals surface area (Å²) in [6, 6.07) is 25.2. The van der Waals surface area contributed by atoms with Crippen LogP contribution in [-0.2, 0) is 11.2 Å². The Bertz CT molecular complexity index is 1150. The average molecular weight is 415 g/mol. The van der Waals surface area contributed by atoms with Crippen LogP contribution in [-0.4, -0.2) is 24.2 Å². The molecule has 0 aliphatic heterocycles. The lowest BCUT2D eigenvalue weighted by Crippen LogP contribution is -2.09. The lowest BCUT2D eigenvalue weighted by molar-refractivity contribution is 0.0519. The minimum atomic E-state index is -0.319. The summed E-state index contributed by atoms with van der Waals surface area (Å²) in [6.45, 7) is 2.68. The highest BCUT2D eigenvalue weighted by Gasteiger charge is 2.18. The second-order valence-electron chi connectivity index (χ2n) is 7.09. The van der Waals surface area contributed by atoms with Gasteiger partial charge in [0.25, 0.3) is 0 Å². The van der Waals surface area contributed by atoms with Crippen molar-refractivity contribution in [1.29, 1.82) is 0 Å². The Balaban J connectivity index is 1.39. The lowest BCUT2D eigenvalue weighted by atomic mass is 10.1. The minimum Gasteiger partial charge on any atom is -0.493 e. The van der Waals surface area contributed by atoms with E-state index in [-0.39, 0.29) is 5.97 Å². The molecule has 0 unspecified atom stereocenters. The van der Waals surface area contributed by atoms with Crippen LogP contribution >= 0.6 is 0 Å². The summed E-state index contributed by atoms with van der Waals surface area (Å²) in [5, 5.41) is 1.05. The van der Waals surface area contributed by atoms with Crippen LogP contribution in [0.4, 0.5) is 0 Å². The number of aryl methyl sites for hydroxylation is 1. The molecule has 1 aromatic heterocycles. The van der Waals surface area contributed by atoms with Crippen molar-refractivity contribution < 1.29 is 19.0 Å². The van der Waals surface area contributed by atoms with Crippen molar-refractivity contribution in [1.82, 2.24) is 4.98 Å². The second-order valence-corrected chi connectivity index (χ2v) is 7.09. The Morgan fingerprint density at radius 3 is 2.45 bits per heavy atom. The lowest BCUT2D eigenvalue weighted by Gasteiger charge is -2.10. The van der Waals surface area contributed by atoms with Crippen molar-refractivity contribution in [3.63, 3.8) is 0 Å². The van der Waals surface area contributed by atoms with E-state index in [0.29, 0.717) is 25.3 Å². The van der Waals surface area contributed by atoms with Gasteiger partial charge in [-0.1, -0.05) is 42.5 Å². The first-order chi connectivity index (χ1) is 15.2. The molecule has 31 heavy (non-hydrogen) atoms. The van der Waals surface area contributed by atoms with Crippen molar-refractivity contribution in [2.45, 2.75) is 19.8 Å². The van der Waals surface area contributed by atoms with E-state index in [9.17, 15) is 4.79 Å². The molecule has 158 valence electrons. The van der Waals surface area contributed by atoms with E-state index in [2.05, 4.69) is 4.98 Å². The molecule has 0 radical (unpaired) electrons. The van der Waals surface area contributed by atoms with Crippen molar-refractivity contribution >= 4 is 16.9 Å². The van der Waals surface area contributed by atoms with Crippen molar-refractivity contribution in [3.8, 4) is 17.2 Å². The highest BCUT2D eigenvalue weighted by molar-refractivity contribution is 5.98. The van der Waals surface area contributed by atoms with Gasteiger partial charge in [-0.3, -0.25) is 0 Å². The molecule has 5 nitrogen and oxygen atoms in total. The van der Waals surface area contributed by atoms with E-state index >= 15 is 0 Å². The van der Waals surface area contributed by atoms with Crippen LogP contribution in [0.1, 0.15) is 29.4 Å². The number of hydrogen-bond donors (Lipinski definition) is 1. The molecular formula is C26H25NO4. The Hall–Kier alpha value is -3.73. The van der Waals surface area contributed by atoms with Crippen LogP contribution in [0.15, 0.2) is 78.9 Å². The van der Waals surface area contributed by atoms with Gasteiger partial charge in [0.15, 0.2) is 0 Å². The summed E-state index contributed by atoms with van der Waals surface area (Å²) in [7, 11) is 0. The maximum atomic E-state index is 12.4. The molecule has 0 aliphatic rings. The van der Waals surface area contributed by atoms with Crippen LogP contribution in [0, 0.1) is 0 Å². The summed E-state index contributed by atoms with van der Waals surface area (Å²) in [5.41, 5.74) is 2.44. The fourth-order valence-electron chi connectivity index (χ4n) is 3.53. The van der Waals surface area contributed by atoms with Gasteiger partial charge in [-0.15, -0.1) is 0 Å². The zero-order chi connectivity index (χ0) is 21.5. The van der Waals surface area contributed by atoms with Crippen molar-refractivity contribution in [3.05, 3.63) is 90.1 Å². The first-order valence-electron chi connectivity index (χ1n) is 10.5. The third-order valence-corrected chi connectivity index (χ3v) is 4.92. The summed E-state index contributed by atoms with van der Waals surface area (Å²) in [6.07, 6.45) is 1.47. The third-order valence-electron chi connectivity index (χ3n) is 4.92. The van der Waals surface area contributed by atoms with Gasteiger partial charge in [0, 0.05) is 17.0 Å². The molecule has 1 heterocycles. The van der Waals surface area contributed by atoms with E-state index in [1.807, 2.05) is 85.8 Å². The van der Waals surface area contributed by atoms with Gasteiger partial charge in [-0.2, -0.15) is 0 Å². The number of carbonyl (C=O) groups excluding carboxylic acids is 1. The number of aromatic nitrogens is 1. The number of fused-ring (bicyclic) bond motifs is 1. The van der Waals surface area contributed by atoms with Gasteiger partial charge >= 0.3 is 5.97 Å². The van der Waals surface area contributed by atoms with Crippen LogP contribution in [0.25, 0.3) is 10.9 Å². The van der Waals surface area contributed by atoms with Crippen molar-refractivity contribution in [2.75, 3.05) is 13.2 Å². The monoisotopic (exact) mass is 415 g/mol. The fraction of sp³-hybridized carbons (Fsp3) is 0.192. The molecule has 4 aromatic rings. The summed E-state index contributed by atoms with van der Waals surface area (Å²) in [4.78, 5) is 15.6. The number of ether oxygens (including phenoxy) is 3. The fourth-order valence-corrected chi connectivity index (χ4v) is 3.53. The van der Waals surface area contributed by atoms with Crippen molar-refractivity contribution in [2.24, 2.45) is 0 Å². The number of benzene rings is 3. The standard InChI is InChI=1S/C26H25NO4/c1-2-29-26(28)25-23(22-14-6-7-16-24(22)27-25)15-9-17-30-20-12-8-13-21(18-20)31-19-10-4-3-5-11-19/h3-8,10-14,16,18,27H,2,9,15,17H2,1H3. The number of carbonyl (C=O) groups is 1. The number of nitrogens with one attached hydrogen (secondary N) is 1. The van der Waals surface area contributed by atoms with Crippen LogP contribution in [0.2, 0.25) is 0 Å². The molecule has 0 fully saturated rings. The molecule has 1 N–H and O–H groups in total.